The van der Waals surface area contributed by atoms with Gasteiger partial charge < -0.3 is 14.7 Å². The molecule has 1 atom stereocenters. The van der Waals surface area contributed by atoms with Crippen molar-refractivity contribution in [1.29, 1.82) is 0 Å². The van der Waals surface area contributed by atoms with E-state index in [0.29, 0.717) is 12.3 Å². The van der Waals surface area contributed by atoms with Gasteiger partial charge in [-0.05, 0) is 24.1 Å². The smallest absolute Gasteiger partial charge is 0.290 e. The van der Waals surface area contributed by atoms with Crippen LogP contribution in [0.25, 0.3) is 0 Å². The number of benzene rings is 1. The van der Waals surface area contributed by atoms with Crippen molar-refractivity contribution < 1.29 is 19.4 Å². The molecule has 23 heavy (non-hydrogen) atoms. The number of aliphatic hydroxyl groups is 1. The van der Waals surface area contributed by atoms with Crippen LogP contribution >= 0.6 is 0 Å². The number of ketones is 1. The van der Waals surface area contributed by atoms with Crippen LogP contribution in [0.4, 0.5) is 0 Å². The van der Waals surface area contributed by atoms with Crippen LogP contribution in [-0.2, 0) is 9.59 Å². The van der Waals surface area contributed by atoms with E-state index in [2.05, 4.69) is 0 Å². The molecule has 0 aliphatic carbocycles. The molecule has 0 radical (unpaired) electrons. The normalized spacial score (nSPS) is 17.8. The van der Waals surface area contributed by atoms with Gasteiger partial charge in [-0.2, -0.15) is 0 Å². The van der Waals surface area contributed by atoms with E-state index < -0.39 is 17.7 Å². The molecule has 1 heterocycles. The zero-order chi connectivity index (χ0) is 17.0. The summed E-state index contributed by atoms with van der Waals surface area (Å²) in [6, 6.07) is 6.73. The van der Waals surface area contributed by atoms with Crippen LogP contribution in [0.15, 0.2) is 35.6 Å². The molecule has 5 heteroatoms. The zero-order valence-electron chi connectivity index (χ0n) is 13.8. The topological polar surface area (TPSA) is 66.8 Å². The molecule has 1 aromatic carbocycles. The fourth-order valence-electron chi connectivity index (χ4n) is 2.85. The van der Waals surface area contributed by atoms with Crippen LogP contribution in [0.1, 0.15) is 44.7 Å². The van der Waals surface area contributed by atoms with Gasteiger partial charge in [-0.25, -0.2) is 0 Å². The number of rotatable bonds is 7. The number of nitrogens with zero attached hydrogens (tertiary/aromatic N) is 1. The van der Waals surface area contributed by atoms with Crippen molar-refractivity contribution in [3.8, 4) is 5.75 Å². The van der Waals surface area contributed by atoms with E-state index in [1.54, 1.807) is 25.0 Å². The standard InChI is InChI=1S/C18H23NO4/c1-4-6-10-19-16(12-8-7-9-13(11-12)23-3)15(14(20)5-2)17(21)18(19)22/h7-9,11,16,21H,4-6,10H2,1-3H3. The monoisotopic (exact) mass is 317 g/mol. The maximum Gasteiger partial charge on any atom is 0.290 e. The van der Waals surface area contributed by atoms with Crippen LogP contribution < -0.4 is 4.74 Å². The van der Waals surface area contributed by atoms with Gasteiger partial charge in [0.2, 0.25) is 0 Å². The number of amides is 1. The molecular formula is C18H23NO4. The lowest BCUT2D eigenvalue weighted by Gasteiger charge is -2.27. The third-order valence-electron chi connectivity index (χ3n) is 4.09. The number of hydrogen-bond acceptors (Lipinski definition) is 4. The molecular weight excluding hydrogens is 294 g/mol. The fourth-order valence-corrected chi connectivity index (χ4v) is 2.85. The first-order valence-corrected chi connectivity index (χ1v) is 7.96. The molecule has 1 aromatic rings. The lowest BCUT2D eigenvalue weighted by molar-refractivity contribution is -0.129. The van der Waals surface area contributed by atoms with Crippen molar-refractivity contribution in [2.45, 2.75) is 39.2 Å². The maximum atomic E-state index is 12.4. The molecule has 1 aliphatic rings. The Morgan fingerprint density at radius 3 is 2.70 bits per heavy atom. The second-order valence-corrected chi connectivity index (χ2v) is 5.57. The average Bonchev–Trinajstić information content (AvgIpc) is 2.83. The summed E-state index contributed by atoms with van der Waals surface area (Å²) in [5.41, 5.74) is 0.969. The number of carbonyl (C=O) groups is 2. The summed E-state index contributed by atoms with van der Waals surface area (Å²) in [5.74, 6) is -0.438. The second-order valence-electron chi connectivity index (χ2n) is 5.57. The summed E-state index contributed by atoms with van der Waals surface area (Å²) in [6.45, 7) is 4.26. The van der Waals surface area contributed by atoms with Crippen LogP contribution in [0.2, 0.25) is 0 Å². The van der Waals surface area contributed by atoms with E-state index in [1.165, 1.54) is 0 Å². The van der Waals surface area contributed by atoms with Gasteiger partial charge in [0.05, 0.1) is 18.7 Å². The highest BCUT2D eigenvalue weighted by atomic mass is 16.5. The second kappa shape index (κ2) is 7.31. The van der Waals surface area contributed by atoms with Crippen LogP contribution in [0.3, 0.4) is 0 Å². The predicted molar refractivity (Wildman–Crippen MR) is 87.3 cm³/mol. The number of aliphatic hydroxyl groups excluding tert-OH is 1. The molecule has 0 bridgehead atoms. The molecule has 1 N–H and O–H groups in total. The lowest BCUT2D eigenvalue weighted by atomic mass is 9.95. The maximum absolute atomic E-state index is 12.4. The molecule has 1 amide bonds. The Morgan fingerprint density at radius 2 is 2.09 bits per heavy atom. The Balaban J connectivity index is 2.50. The third-order valence-corrected chi connectivity index (χ3v) is 4.09. The van der Waals surface area contributed by atoms with Crippen LogP contribution in [0, 0.1) is 0 Å². The summed E-state index contributed by atoms with van der Waals surface area (Å²) < 4.78 is 5.24. The van der Waals surface area contributed by atoms with E-state index in [-0.39, 0.29) is 17.8 Å². The van der Waals surface area contributed by atoms with Crippen LogP contribution in [-0.4, -0.2) is 35.4 Å². The molecule has 1 aliphatic heterocycles. The first-order valence-electron chi connectivity index (χ1n) is 7.96. The highest BCUT2D eigenvalue weighted by molar-refractivity contribution is 6.08. The zero-order valence-corrected chi connectivity index (χ0v) is 13.8. The molecule has 0 fully saturated rings. The van der Waals surface area contributed by atoms with Crippen molar-refractivity contribution in [1.82, 2.24) is 4.90 Å². The molecule has 0 spiro atoms. The van der Waals surface area contributed by atoms with Crippen molar-refractivity contribution >= 4 is 11.7 Å². The number of unbranched alkanes of at least 4 members (excludes halogenated alkanes) is 1. The van der Waals surface area contributed by atoms with Crippen LogP contribution in [0.5, 0.6) is 5.75 Å². The van der Waals surface area contributed by atoms with Gasteiger partial charge in [0, 0.05) is 13.0 Å². The number of hydrogen-bond donors (Lipinski definition) is 1. The van der Waals surface area contributed by atoms with E-state index in [9.17, 15) is 14.7 Å². The van der Waals surface area contributed by atoms with Gasteiger partial charge in [0.15, 0.2) is 11.5 Å². The minimum atomic E-state index is -0.545. The van der Waals surface area contributed by atoms with Gasteiger partial charge in [-0.15, -0.1) is 0 Å². The van der Waals surface area contributed by atoms with Crippen molar-refractivity contribution in [3.63, 3.8) is 0 Å². The minimum Gasteiger partial charge on any atom is -0.503 e. The Kier molecular flexibility index (Phi) is 5.42. The van der Waals surface area contributed by atoms with Crippen molar-refractivity contribution in [2.24, 2.45) is 0 Å². The molecule has 5 nitrogen and oxygen atoms in total. The van der Waals surface area contributed by atoms with Gasteiger partial charge in [-0.3, -0.25) is 9.59 Å². The number of Topliss-reactive ketones (excluding diaryl/α,β-unsaturated/α-hetero) is 1. The summed E-state index contributed by atoms with van der Waals surface area (Å²) in [5, 5.41) is 10.2. The Morgan fingerprint density at radius 1 is 1.35 bits per heavy atom. The number of carbonyl (C=O) groups excluding carboxylic acids is 2. The average molecular weight is 317 g/mol. The Bertz CT molecular complexity index is 636. The number of methoxy groups -OCH3 is 1. The van der Waals surface area contributed by atoms with E-state index >= 15 is 0 Å². The largest absolute Gasteiger partial charge is 0.503 e. The highest BCUT2D eigenvalue weighted by Crippen LogP contribution is 2.39. The molecule has 124 valence electrons. The Hall–Kier alpha value is -2.30. The highest BCUT2D eigenvalue weighted by Gasteiger charge is 2.42. The Labute approximate surface area is 136 Å². The van der Waals surface area contributed by atoms with Gasteiger partial charge >= 0.3 is 0 Å². The summed E-state index contributed by atoms with van der Waals surface area (Å²) in [4.78, 5) is 26.3. The quantitative estimate of drug-likeness (QED) is 0.839. The van der Waals surface area contributed by atoms with Crippen molar-refractivity contribution in [3.05, 3.63) is 41.2 Å². The van der Waals surface area contributed by atoms with E-state index in [1.807, 2.05) is 25.1 Å². The molecule has 0 saturated heterocycles. The fraction of sp³-hybridized carbons (Fsp3) is 0.444. The third kappa shape index (κ3) is 3.23. The number of ether oxygens (including phenoxy) is 1. The summed E-state index contributed by atoms with van der Waals surface area (Å²) in [7, 11) is 1.57. The summed E-state index contributed by atoms with van der Waals surface area (Å²) >= 11 is 0. The van der Waals surface area contributed by atoms with E-state index in [0.717, 1.165) is 18.4 Å². The van der Waals surface area contributed by atoms with Gasteiger partial charge in [-0.1, -0.05) is 32.4 Å². The lowest BCUT2D eigenvalue weighted by Crippen LogP contribution is -2.32. The van der Waals surface area contributed by atoms with Crippen molar-refractivity contribution in [2.75, 3.05) is 13.7 Å². The SMILES string of the molecule is CCCCN1C(=O)C(O)=C(C(=O)CC)C1c1cccc(OC)c1. The van der Waals surface area contributed by atoms with E-state index in [4.69, 9.17) is 4.74 Å². The predicted octanol–water partition coefficient (Wildman–Crippen LogP) is 3.17. The first kappa shape index (κ1) is 17.1. The molecule has 0 aromatic heterocycles. The first-order chi connectivity index (χ1) is 11.0. The molecule has 1 unspecified atom stereocenters. The summed E-state index contributed by atoms with van der Waals surface area (Å²) in [6.07, 6.45) is 1.98. The van der Waals surface area contributed by atoms with Gasteiger partial charge in [0.1, 0.15) is 5.75 Å². The van der Waals surface area contributed by atoms with Gasteiger partial charge in [0.25, 0.3) is 5.91 Å². The minimum absolute atomic E-state index is 0.196. The molecule has 0 saturated carbocycles. The molecule has 2 rings (SSSR count).